The number of aliphatic carboxylic acids is 1. The summed E-state index contributed by atoms with van der Waals surface area (Å²) in [6, 6.07) is 44.7. The second kappa shape index (κ2) is 65.9. The third-order valence-corrected chi connectivity index (χ3v) is 29.9. The van der Waals surface area contributed by atoms with Crippen molar-refractivity contribution < 1.29 is 94.4 Å². The second-order valence-corrected chi connectivity index (χ2v) is 39.2. The van der Waals surface area contributed by atoms with Crippen molar-refractivity contribution in [2.24, 2.45) is 0 Å². The summed E-state index contributed by atoms with van der Waals surface area (Å²) in [4.78, 5) is 42.4. The van der Waals surface area contributed by atoms with Crippen LogP contribution >= 0.6 is 0 Å². The van der Waals surface area contributed by atoms with Crippen LogP contribution in [0.3, 0.4) is 0 Å². The molecule has 0 aliphatic heterocycles. The number of carboxylic acid groups (broad SMARTS) is 1. The Hall–Kier alpha value is -4.12. The number of benzene rings is 4. The maximum absolute atomic E-state index is 11.2. The maximum atomic E-state index is 11.2. The van der Waals surface area contributed by atoms with Crippen LogP contribution in [0.1, 0.15) is 319 Å². The summed E-state index contributed by atoms with van der Waals surface area (Å²) in [5.74, 6) is -0.826. The van der Waals surface area contributed by atoms with Crippen LogP contribution in [0.25, 0.3) is 0 Å². The first kappa shape index (κ1) is 102. The Bertz CT molecular complexity index is 2680. The van der Waals surface area contributed by atoms with Gasteiger partial charge in [-0.2, -0.15) is 8.42 Å². The molecule has 0 amide bonds. The van der Waals surface area contributed by atoms with Crippen LogP contribution in [0.4, 0.5) is 0 Å². The van der Waals surface area contributed by atoms with Gasteiger partial charge < -0.3 is 33.6 Å². The molecule has 18 heteroatoms. The van der Waals surface area contributed by atoms with E-state index in [1.807, 2.05) is 0 Å². The number of hydrogen-bond donors (Lipinski definition) is 1. The van der Waals surface area contributed by atoms with E-state index in [1.54, 1.807) is 6.92 Å². The number of carbonyl (C=O) groups is 4. The van der Waals surface area contributed by atoms with Gasteiger partial charge in [-0.1, -0.05) is 369 Å². The fraction of sp³-hybridized carbons (Fsp3) is 0.651. The smallest absolute Gasteiger partial charge is 0.662 e. The van der Waals surface area contributed by atoms with Gasteiger partial charge in [0.15, 0.2) is 0 Å². The number of unbranched alkanes of at least 4 members (excludes halogenated alkanes) is 29. The zero-order valence-corrected chi connectivity index (χ0v) is 72.3. The molecule has 0 aliphatic carbocycles. The van der Waals surface area contributed by atoms with Crippen molar-refractivity contribution in [3.63, 3.8) is 0 Å². The standard InChI is InChI=1S/C45H74O3Si.C35H56O2Si.C3H6O2.C2H6O4S.CH2O3.Na/c1-6-7-8-9-19-22-27-34-41(48-49(45(2,3)4,42-36-29-25-30-37-42)43-38-31-26-32-39-43)35-28-23-20-17-15-13-11-10-12-14-16-18-21-24-33-40-44(46)47-5;1-5-6-7-8-10-13-18-25-32(26-19-14-11-9-12-15-24-31-36)37-38(35(2,3)4,33-27-20-16-21-28-33)34-29-22-17-23-30-34;1-2-3(4)5;1-5-7(3,4)6-2;2-1-4-3;/h10,12,25-26,29-32,36-39,41H,6-9,11,13-24,27-28,33-35,40H2,1-5H3;16-17,20-23,27-32H,5-15,18-19,24-26H2,1-4H3;2H2,1H3,(H,4,5);1-2H3;1,3H;/q;;;;;+1/p-1/b12-10-;;;;;. The molecule has 0 heterocycles. The minimum absolute atomic E-state index is 0. The summed E-state index contributed by atoms with van der Waals surface area (Å²) in [6.07, 6.45) is 54.8. The van der Waals surface area contributed by atoms with E-state index in [0.717, 1.165) is 52.6 Å². The SMILES string of the molecule is CCC(=O)O.CCCCCCCCCC(CCCCCCCC/C=C\CCCCCCCC(=O)OC)O[Si](c1ccccc1)(c1ccccc1)C(C)(C)C.CCCCCCCCCC(CCCCCCCCC=O)O[Si](c1ccccc1)(c1ccccc1)C(C)(C)C.COS(=O)(=O)OC.O=CO[O-].[Na+]. The molecule has 586 valence electrons. The Morgan fingerprint density at radius 2 is 0.683 bits per heavy atom. The number of hydrogen-bond acceptors (Lipinski definition) is 13. The molecule has 1 N–H and O–H groups in total. The molecule has 0 saturated carbocycles. The van der Waals surface area contributed by atoms with Crippen LogP contribution in [0.2, 0.25) is 10.1 Å². The van der Waals surface area contributed by atoms with Crippen LogP contribution < -0.4 is 55.6 Å². The van der Waals surface area contributed by atoms with Gasteiger partial charge in [0, 0.05) is 31.5 Å². The van der Waals surface area contributed by atoms with Gasteiger partial charge in [0.1, 0.15) is 6.29 Å². The van der Waals surface area contributed by atoms with Gasteiger partial charge in [0.2, 0.25) is 0 Å². The van der Waals surface area contributed by atoms with Crippen molar-refractivity contribution in [1.29, 1.82) is 0 Å². The zero-order chi connectivity index (χ0) is 76.6. The molecule has 4 rings (SSSR count). The fourth-order valence-corrected chi connectivity index (χ4v) is 22.8. The van der Waals surface area contributed by atoms with Crippen LogP contribution in [0.15, 0.2) is 133 Å². The Morgan fingerprint density at radius 1 is 0.433 bits per heavy atom. The monoisotopic (exact) mass is 1510 g/mol. The largest absolute Gasteiger partial charge is 1.00 e. The molecule has 14 nitrogen and oxygen atoms in total. The van der Waals surface area contributed by atoms with Crippen LogP contribution in [0.5, 0.6) is 0 Å². The fourth-order valence-electron chi connectivity index (χ4n) is 13.2. The van der Waals surface area contributed by atoms with E-state index in [9.17, 15) is 22.8 Å². The first-order chi connectivity index (χ1) is 49.6. The van der Waals surface area contributed by atoms with E-state index in [0.29, 0.717) is 25.0 Å². The molecule has 0 aliphatic rings. The Labute approximate surface area is 658 Å². The third kappa shape index (κ3) is 47.6. The van der Waals surface area contributed by atoms with Gasteiger partial charge in [0.25, 0.3) is 23.1 Å². The van der Waals surface area contributed by atoms with Gasteiger partial charge >= 0.3 is 51.9 Å². The molecule has 4 aromatic carbocycles. The normalized spacial score (nSPS) is 12.1. The molecule has 0 radical (unpaired) electrons. The quantitative estimate of drug-likeness (QED) is 0.00832. The van der Waals surface area contributed by atoms with Crippen molar-refractivity contribution >= 4 is 72.5 Å². The number of methoxy groups -OCH3 is 1. The third-order valence-electron chi connectivity index (χ3n) is 18.9. The molecule has 0 spiro atoms. The molecule has 2 unspecified atom stereocenters. The van der Waals surface area contributed by atoms with Gasteiger partial charge in [-0.25, -0.2) is 0 Å². The van der Waals surface area contributed by atoms with Crippen LogP contribution in [-0.2, 0) is 56.4 Å². The summed E-state index contributed by atoms with van der Waals surface area (Å²) >= 11 is 0. The summed E-state index contributed by atoms with van der Waals surface area (Å²) in [7, 11) is -5.19. The molecule has 0 fully saturated rings. The molecular formula is C86H143NaO14SSi2. The molecule has 104 heavy (non-hydrogen) atoms. The molecule has 0 aromatic heterocycles. The number of rotatable bonds is 54. The van der Waals surface area contributed by atoms with Crippen molar-refractivity contribution in [2.75, 3.05) is 21.3 Å². The first-order valence-electron chi connectivity index (χ1n) is 39.6. The maximum Gasteiger partial charge on any atom is 1.00 e. The first-order valence-corrected chi connectivity index (χ1v) is 44.8. The van der Waals surface area contributed by atoms with E-state index in [1.165, 1.54) is 233 Å². The Kier molecular flexibility index (Phi) is 64.6. The Balaban J connectivity index is 0. The second-order valence-electron chi connectivity index (χ2n) is 29.2. The topological polar surface area (TPSA) is 201 Å². The van der Waals surface area contributed by atoms with Gasteiger partial charge in [-0.15, -0.1) is 0 Å². The molecule has 2 atom stereocenters. The molecule has 0 saturated heterocycles. The minimum atomic E-state index is -3.66. The van der Waals surface area contributed by atoms with Crippen molar-refractivity contribution in [3.8, 4) is 0 Å². The van der Waals surface area contributed by atoms with Gasteiger partial charge in [-0.05, 0) is 95.0 Å². The van der Waals surface area contributed by atoms with Crippen molar-refractivity contribution in [2.45, 2.75) is 341 Å². The van der Waals surface area contributed by atoms with E-state index in [2.05, 4.69) is 202 Å². The zero-order valence-electron chi connectivity index (χ0n) is 67.5. The van der Waals surface area contributed by atoms with Crippen molar-refractivity contribution in [3.05, 3.63) is 133 Å². The number of carbonyl (C=O) groups excluding carboxylic acids is 3. The number of carboxylic acids is 1. The van der Waals surface area contributed by atoms with E-state index in [-0.39, 0.29) is 58.5 Å². The van der Waals surface area contributed by atoms with Crippen LogP contribution in [-0.4, -0.2) is 88.4 Å². The summed E-state index contributed by atoms with van der Waals surface area (Å²) in [6.45, 7) is 20.4. The number of esters is 1. The Morgan fingerprint density at radius 3 is 0.904 bits per heavy atom. The summed E-state index contributed by atoms with van der Waals surface area (Å²) < 4.78 is 47.5. The van der Waals surface area contributed by atoms with Gasteiger partial charge in [-0.3, -0.25) is 22.7 Å². The summed E-state index contributed by atoms with van der Waals surface area (Å²) in [5.41, 5.74) is 0. The van der Waals surface area contributed by atoms with E-state index < -0.39 is 33.0 Å². The van der Waals surface area contributed by atoms with Gasteiger partial charge in [0.05, 0.1) is 21.3 Å². The molecule has 0 bridgehead atoms. The average Bonchev–Trinajstić information content (AvgIpc) is 0.754. The molecular weight excluding hydrogens is 1370 g/mol. The predicted molar refractivity (Wildman–Crippen MR) is 432 cm³/mol. The average molecular weight is 1510 g/mol. The number of ether oxygens (including phenoxy) is 1. The van der Waals surface area contributed by atoms with E-state index >= 15 is 0 Å². The van der Waals surface area contributed by atoms with Crippen LogP contribution in [0, 0.1) is 0 Å². The molecule has 4 aromatic rings. The van der Waals surface area contributed by atoms with E-state index in [4.69, 9.17) is 28.7 Å². The number of allylic oxidation sites excluding steroid dienone is 2. The number of aldehydes is 1. The summed E-state index contributed by atoms with van der Waals surface area (Å²) in [5, 5.41) is 21.8. The predicted octanol–water partition coefficient (Wildman–Crippen LogP) is 17.5. The minimum Gasteiger partial charge on any atom is -0.662 e. The van der Waals surface area contributed by atoms with Crippen molar-refractivity contribution in [1.82, 2.24) is 0 Å².